The van der Waals surface area contributed by atoms with Crippen molar-refractivity contribution in [1.82, 2.24) is 14.7 Å². The van der Waals surface area contributed by atoms with E-state index in [0.29, 0.717) is 5.92 Å². The summed E-state index contributed by atoms with van der Waals surface area (Å²) in [5.41, 5.74) is 1.61. The van der Waals surface area contributed by atoms with Crippen molar-refractivity contribution in [2.24, 2.45) is 13.0 Å². The summed E-state index contributed by atoms with van der Waals surface area (Å²) in [6.07, 6.45) is 3.47. The molecule has 2 heterocycles. The van der Waals surface area contributed by atoms with Gasteiger partial charge in [0.15, 0.2) is 0 Å². The number of hydrogen-bond donors (Lipinski definition) is 0. The van der Waals surface area contributed by atoms with Crippen LogP contribution in [-0.4, -0.2) is 39.1 Å². The van der Waals surface area contributed by atoms with Gasteiger partial charge in [0, 0.05) is 31.7 Å². The van der Waals surface area contributed by atoms with E-state index in [0.717, 1.165) is 37.2 Å². The Kier molecular flexibility index (Phi) is 3.95. The molecule has 2 atom stereocenters. The van der Waals surface area contributed by atoms with Crippen molar-refractivity contribution in [2.45, 2.75) is 32.1 Å². The lowest BCUT2D eigenvalue weighted by Gasteiger charge is -2.34. The van der Waals surface area contributed by atoms with E-state index >= 15 is 0 Å². The maximum absolute atomic E-state index is 12.5. The molecule has 0 saturated carbocycles. The standard InChI is InChI=1S/C13H20ClN3O/c1-4-12-10(8-16(3)15-12)13(18)17-6-5-11(14)9(2)7-17/h8-9,11H,4-7H2,1-3H3. The predicted octanol–water partition coefficient (Wildman–Crippen LogP) is 2.07. The Morgan fingerprint density at radius 1 is 1.61 bits per heavy atom. The number of amides is 1. The first-order valence-electron chi connectivity index (χ1n) is 6.48. The summed E-state index contributed by atoms with van der Waals surface area (Å²) >= 11 is 6.19. The molecule has 100 valence electrons. The molecule has 0 N–H and O–H groups in total. The summed E-state index contributed by atoms with van der Waals surface area (Å²) in [4.78, 5) is 14.4. The average Bonchev–Trinajstić information content (AvgIpc) is 2.73. The smallest absolute Gasteiger partial charge is 0.257 e. The van der Waals surface area contributed by atoms with Crippen LogP contribution in [0.4, 0.5) is 0 Å². The summed E-state index contributed by atoms with van der Waals surface area (Å²) in [6, 6.07) is 0. The first-order chi connectivity index (χ1) is 8.52. The minimum absolute atomic E-state index is 0.0929. The number of carbonyl (C=O) groups is 1. The van der Waals surface area contributed by atoms with Gasteiger partial charge >= 0.3 is 0 Å². The van der Waals surface area contributed by atoms with Gasteiger partial charge in [-0.2, -0.15) is 5.10 Å². The van der Waals surface area contributed by atoms with Gasteiger partial charge in [-0.3, -0.25) is 9.48 Å². The number of rotatable bonds is 2. The molecule has 1 aliphatic heterocycles. The Balaban J connectivity index is 2.16. The maximum Gasteiger partial charge on any atom is 0.257 e. The fourth-order valence-corrected chi connectivity index (χ4v) is 2.62. The quantitative estimate of drug-likeness (QED) is 0.771. The van der Waals surface area contributed by atoms with Crippen LogP contribution in [0.3, 0.4) is 0 Å². The van der Waals surface area contributed by atoms with E-state index in [1.807, 2.05) is 25.1 Å². The Morgan fingerprint density at radius 2 is 2.33 bits per heavy atom. The van der Waals surface area contributed by atoms with Crippen molar-refractivity contribution < 1.29 is 4.79 Å². The Labute approximate surface area is 113 Å². The molecule has 0 spiro atoms. The van der Waals surface area contributed by atoms with Gasteiger partial charge in [-0.25, -0.2) is 0 Å². The Bertz CT molecular complexity index is 443. The summed E-state index contributed by atoms with van der Waals surface area (Å²) < 4.78 is 1.71. The number of carbonyl (C=O) groups excluding carboxylic acids is 1. The molecule has 2 unspecified atom stereocenters. The number of aryl methyl sites for hydroxylation is 2. The molecule has 1 fully saturated rings. The zero-order valence-electron chi connectivity index (χ0n) is 11.2. The van der Waals surface area contributed by atoms with Crippen LogP contribution >= 0.6 is 11.6 Å². The molecule has 0 aliphatic carbocycles. The van der Waals surface area contributed by atoms with E-state index in [2.05, 4.69) is 12.0 Å². The number of piperidine rings is 1. The number of alkyl halides is 1. The van der Waals surface area contributed by atoms with Gasteiger partial charge in [-0.1, -0.05) is 13.8 Å². The molecule has 1 aromatic heterocycles. The lowest BCUT2D eigenvalue weighted by molar-refractivity contribution is 0.0686. The molecule has 4 nitrogen and oxygen atoms in total. The SMILES string of the molecule is CCc1nn(C)cc1C(=O)N1CCC(Cl)C(C)C1. The van der Waals surface area contributed by atoms with Crippen LogP contribution in [0.1, 0.15) is 36.3 Å². The van der Waals surface area contributed by atoms with Gasteiger partial charge in [-0.05, 0) is 18.8 Å². The normalized spacial score (nSPS) is 24.3. The predicted molar refractivity (Wildman–Crippen MR) is 71.9 cm³/mol. The number of halogens is 1. The van der Waals surface area contributed by atoms with E-state index in [4.69, 9.17) is 11.6 Å². The van der Waals surface area contributed by atoms with E-state index in [1.165, 1.54) is 0 Å². The number of likely N-dealkylation sites (tertiary alicyclic amines) is 1. The summed E-state index contributed by atoms with van der Waals surface area (Å²) in [5.74, 6) is 0.446. The summed E-state index contributed by atoms with van der Waals surface area (Å²) in [5, 5.41) is 4.51. The van der Waals surface area contributed by atoms with Crippen LogP contribution in [0.2, 0.25) is 0 Å². The molecular weight excluding hydrogens is 250 g/mol. The molecular formula is C13H20ClN3O. The fraction of sp³-hybridized carbons (Fsp3) is 0.692. The highest BCUT2D eigenvalue weighted by Crippen LogP contribution is 2.23. The first-order valence-corrected chi connectivity index (χ1v) is 6.92. The van der Waals surface area contributed by atoms with Crippen molar-refractivity contribution in [2.75, 3.05) is 13.1 Å². The van der Waals surface area contributed by atoms with Crippen molar-refractivity contribution in [3.8, 4) is 0 Å². The van der Waals surface area contributed by atoms with Crippen LogP contribution < -0.4 is 0 Å². The molecule has 1 amide bonds. The Hall–Kier alpha value is -1.03. The molecule has 0 aromatic carbocycles. The third-order valence-electron chi connectivity index (χ3n) is 3.56. The van der Waals surface area contributed by atoms with E-state index in [9.17, 15) is 4.79 Å². The van der Waals surface area contributed by atoms with Crippen LogP contribution in [0.25, 0.3) is 0 Å². The second-order valence-electron chi connectivity index (χ2n) is 5.05. The molecule has 0 bridgehead atoms. The highest BCUT2D eigenvalue weighted by Gasteiger charge is 2.29. The molecule has 18 heavy (non-hydrogen) atoms. The molecule has 1 aromatic rings. The topological polar surface area (TPSA) is 38.1 Å². The highest BCUT2D eigenvalue weighted by atomic mass is 35.5. The first kappa shape index (κ1) is 13.4. The highest BCUT2D eigenvalue weighted by molar-refractivity contribution is 6.20. The zero-order valence-corrected chi connectivity index (χ0v) is 11.9. The molecule has 1 aliphatic rings. The third-order valence-corrected chi connectivity index (χ3v) is 4.21. The molecule has 1 saturated heterocycles. The van der Waals surface area contributed by atoms with Gasteiger partial charge in [0.2, 0.25) is 0 Å². The molecule has 5 heteroatoms. The van der Waals surface area contributed by atoms with Crippen molar-refractivity contribution >= 4 is 17.5 Å². The molecule has 2 rings (SSSR count). The van der Waals surface area contributed by atoms with Crippen molar-refractivity contribution in [3.63, 3.8) is 0 Å². The second kappa shape index (κ2) is 5.31. The minimum Gasteiger partial charge on any atom is -0.338 e. The lowest BCUT2D eigenvalue weighted by atomic mass is 9.99. The van der Waals surface area contributed by atoms with E-state index in [1.54, 1.807) is 4.68 Å². The van der Waals surface area contributed by atoms with Crippen molar-refractivity contribution in [3.05, 3.63) is 17.5 Å². The van der Waals surface area contributed by atoms with Gasteiger partial charge in [0.25, 0.3) is 5.91 Å². The lowest BCUT2D eigenvalue weighted by Crippen LogP contribution is -2.43. The van der Waals surface area contributed by atoms with E-state index < -0.39 is 0 Å². The van der Waals surface area contributed by atoms with Crippen LogP contribution in [0.5, 0.6) is 0 Å². The molecule has 0 radical (unpaired) electrons. The van der Waals surface area contributed by atoms with Gasteiger partial charge in [0.05, 0.1) is 11.3 Å². The third kappa shape index (κ3) is 2.53. The summed E-state index contributed by atoms with van der Waals surface area (Å²) in [6.45, 7) is 5.61. The number of aromatic nitrogens is 2. The largest absolute Gasteiger partial charge is 0.338 e. The van der Waals surface area contributed by atoms with Crippen LogP contribution in [0.15, 0.2) is 6.20 Å². The van der Waals surface area contributed by atoms with Gasteiger partial charge < -0.3 is 4.90 Å². The number of hydrogen-bond acceptors (Lipinski definition) is 2. The maximum atomic E-state index is 12.5. The second-order valence-corrected chi connectivity index (χ2v) is 5.61. The minimum atomic E-state index is 0.0929. The zero-order chi connectivity index (χ0) is 13.3. The monoisotopic (exact) mass is 269 g/mol. The van der Waals surface area contributed by atoms with Gasteiger partial charge in [0.1, 0.15) is 0 Å². The summed E-state index contributed by atoms with van der Waals surface area (Å²) in [7, 11) is 1.85. The average molecular weight is 270 g/mol. The Morgan fingerprint density at radius 3 is 2.94 bits per heavy atom. The fourth-order valence-electron chi connectivity index (χ4n) is 2.45. The van der Waals surface area contributed by atoms with Crippen molar-refractivity contribution in [1.29, 1.82) is 0 Å². The van der Waals surface area contributed by atoms with Crippen LogP contribution in [0, 0.1) is 5.92 Å². The van der Waals surface area contributed by atoms with Crippen LogP contribution in [-0.2, 0) is 13.5 Å². The van der Waals surface area contributed by atoms with E-state index in [-0.39, 0.29) is 11.3 Å². The number of nitrogens with zero attached hydrogens (tertiary/aromatic N) is 3. The van der Waals surface area contributed by atoms with Gasteiger partial charge in [-0.15, -0.1) is 11.6 Å².